The smallest absolute Gasteiger partial charge is 0.322 e. The van der Waals surface area contributed by atoms with Gasteiger partial charge >= 0.3 is 11.9 Å². The molecule has 42 heavy (non-hydrogen) atoms. The van der Waals surface area contributed by atoms with Crippen molar-refractivity contribution < 1.29 is 24.2 Å². The van der Waals surface area contributed by atoms with Gasteiger partial charge in [0.15, 0.2) is 0 Å². The van der Waals surface area contributed by atoms with Crippen LogP contribution in [0.2, 0.25) is 0 Å². The summed E-state index contributed by atoms with van der Waals surface area (Å²) in [6.07, 6.45) is 38.1. The first-order valence-corrected chi connectivity index (χ1v) is 16.8. The van der Waals surface area contributed by atoms with Crippen molar-refractivity contribution in [2.24, 2.45) is 0 Å². The van der Waals surface area contributed by atoms with Crippen LogP contribution in [0, 0.1) is 0 Å². The number of aliphatic carboxylic acids is 1. The summed E-state index contributed by atoms with van der Waals surface area (Å²) >= 11 is 0. The Hall–Kier alpha value is -2.63. The monoisotopic (exact) mass is 587 g/mol. The molecule has 1 amide bonds. The predicted octanol–water partition coefficient (Wildman–Crippen LogP) is 9.56. The van der Waals surface area contributed by atoms with Crippen molar-refractivity contribution >= 4 is 17.8 Å². The van der Waals surface area contributed by atoms with Gasteiger partial charge in [-0.3, -0.25) is 14.4 Å². The molecule has 0 aromatic rings. The third-order valence-electron chi connectivity index (χ3n) is 7.00. The van der Waals surface area contributed by atoms with Crippen LogP contribution in [0.1, 0.15) is 149 Å². The van der Waals surface area contributed by atoms with E-state index < -0.39 is 5.97 Å². The number of hydrogen-bond acceptors (Lipinski definition) is 4. The number of unbranched alkanes of at least 4 members (excludes halogenated alkanes) is 12. The number of esters is 1. The first-order chi connectivity index (χ1) is 20.5. The topological polar surface area (TPSA) is 92.7 Å². The van der Waals surface area contributed by atoms with Gasteiger partial charge in [-0.25, -0.2) is 0 Å². The van der Waals surface area contributed by atoms with E-state index in [2.05, 4.69) is 61.7 Å². The molecule has 0 aromatic carbocycles. The molecule has 0 aromatic heterocycles. The molecule has 0 spiro atoms. The summed E-state index contributed by atoms with van der Waals surface area (Å²) in [6, 6.07) is 0. The van der Waals surface area contributed by atoms with Gasteiger partial charge in [0.1, 0.15) is 12.6 Å². The number of hydrogen-bond donors (Lipinski definition) is 2. The van der Waals surface area contributed by atoms with E-state index in [9.17, 15) is 14.4 Å². The number of allylic oxidation sites excluding steroid dienone is 7. The molecule has 0 rings (SSSR count). The Morgan fingerprint density at radius 2 is 1.14 bits per heavy atom. The lowest BCUT2D eigenvalue weighted by Crippen LogP contribution is -2.28. The summed E-state index contributed by atoms with van der Waals surface area (Å²) in [4.78, 5) is 34.8. The van der Waals surface area contributed by atoms with E-state index in [-0.39, 0.29) is 24.5 Å². The molecule has 0 saturated carbocycles. The number of rotatable bonds is 29. The van der Waals surface area contributed by atoms with Crippen molar-refractivity contribution in [3.05, 3.63) is 48.6 Å². The van der Waals surface area contributed by atoms with Crippen LogP contribution in [0.25, 0.3) is 0 Å². The van der Waals surface area contributed by atoms with Crippen LogP contribution < -0.4 is 5.32 Å². The minimum absolute atomic E-state index is 0.133. The third-order valence-corrected chi connectivity index (χ3v) is 7.00. The molecule has 1 atom stereocenters. The number of nitrogens with one attached hydrogen (secondary N) is 1. The number of ether oxygens (including phenoxy) is 1. The molecular weight excluding hydrogens is 526 g/mol. The highest BCUT2D eigenvalue weighted by atomic mass is 16.5. The van der Waals surface area contributed by atoms with Gasteiger partial charge in [-0.15, -0.1) is 0 Å². The average Bonchev–Trinajstić information content (AvgIpc) is 2.97. The highest BCUT2D eigenvalue weighted by molar-refractivity contribution is 5.80. The molecule has 0 bridgehead atoms. The molecule has 2 N–H and O–H groups in total. The molecular formula is C36H61NO5. The Bertz CT molecular complexity index is 784. The molecule has 0 aliphatic carbocycles. The van der Waals surface area contributed by atoms with Crippen LogP contribution in [-0.4, -0.2) is 35.6 Å². The molecule has 0 fully saturated rings. The molecule has 0 aliphatic rings. The Morgan fingerprint density at radius 3 is 1.71 bits per heavy atom. The van der Waals surface area contributed by atoms with E-state index in [1.165, 1.54) is 57.8 Å². The lowest BCUT2D eigenvalue weighted by molar-refractivity contribution is -0.147. The highest BCUT2D eigenvalue weighted by Gasteiger charge is 2.12. The SMILES string of the molecule is CC/C=C\C/C=C\C/C=C\C/C=C\C(CCCCCC(=O)NCC(=O)O)OC(=O)CCCCCCCCCCCCC. The largest absolute Gasteiger partial charge is 0.480 e. The summed E-state index contributed by atoms with van der Waals surface area (Å²) in [5, 5.41) is 11.0. The van der Waals surface area contributed by atoms with E-state index in [1.807, 2.05) is 6.08 Å². The standard InChI is InChI=1S/C36H61NO5/c1-3-5-7-9-11-13-15-17-19-21-24-28-33(29-25-23-26-30-34(38)37-32-35(39)40)42-36(41)31-27-22-20-18-16-14-12-10-8-6-4-2/h5,7,11,13,17,19,24,28,33H,3-4,6,8-10,12,14-16,18,20-23,25-27,29-32H2,1-2H3,(H,37,38)(H,39,40)/b7-5-,13-11-,19-17-,28-24-. The Kier molecular flexibility index (Phi) is 29.3. The second-order valence-corrected chi connectivity index (χ2v) is 11.0. The molecule has 6 heteroatoms. The minimum atomic E-state index is -1.04. The van der Waals surface area contributed by atoms with Crippen LogP contribution in [0.15, 0.2) is 48.6 Å². The van der Waals surface area contributed by atoms with Gasteiger partial charge < -0.3 is 15.2 Å². The molecule has 0 heterocycles. The van der Waals surface area contributed by atoms with Crippen molar-refractivity contribution in [3.63, 3.8) is 0 Å². The van der Waals surface area contributed by atoms with Crippen molar-refractivity contribution in [2.45, 2.75) is 155 Å². The second kappa shape index (κ2) is 31.3. The lowest BCUT2D eigenvalue weighted by atomic mass is 10.1. The number of carboxylic acids is 1. The zero-order chi connectivity index (χ0) is 30.9. The molecule has 0 radical (unpaired) electrons. The molecule has 6 nitrogen and oxygen atoms in total. The van der Waals surface area contributed by atoms with Gasteiger partial charge in [0.05, 0.1) is 0 Å². The molecule has 0 aliphatic heterocycles. The average molecular weight is 588 g/mol. The van der Waals surface area contributed by atoms with E-state index in [0.29, 0.717) is 19.3 Å². The van der Waals surface area contributed by atoms with Crippen LogP contribution >= 0.6 is 0 Å². The summed E-state index contributed by atoms with van der Waals surface area (Å²) in [7, 11) is 0. The molecule has 1 unspecified atom stereocenters. The first kappa shape index (κ1) is 39.4. The Balaban J connectivity index is 4.38. The third kappa shape index (κ3) is 30.3. The Labute approximate surface area is 257 Å². The summed E-state index contributed by atoms with van der Waals surface area (Å²) in [5.74, 6) is -1.42. The summed E-state index contributed by atoms with van der Waals surface area (Å²) in [5.41, 5.74) is 0. The first-order valence-electron chi connectivity index (χ1n) is 16.8. The van der Waals surface area contributed by atoms with Crippen molar-refractivity contribution in [1.82, 2.24) is 5.32 Å². The Morgan fingerprint density at radius 1 is 0.643 bits per heavy atom. The fourth-order valence-electron chi connectivity index (χ4n) is 4.54. The van der Waals surface area contributed by atoms with E-state index in [1.54, 1.807) is 0 Å². The predicted molar refractivity (Wildman–Crippen MR) is 175 cm³/mol. The van der Waals surface area contributed by atoms with E-state index in [0.717, 1.165) is 57.8 Å². The maximum atomic E-state index is 12.5. The van der Waals surface area contributed by atoms with Crippen LogP contribution in [0.5, 0.6) is 0 Å². The quantitative estimate of drug-likeness (QED) is 0.0516. The van der Waals surface area contributed by atoms with Gasteiger partial charge in [-0.1, -0.05) is 127 Å². The van der Waals surface area contributed by atoms with Gasteiger partial charge in [0, 0.05) is 12.8 Å². The minimum Gasteiger partial charge on any atom is -0.480 e. The number of carbonyl (C=O) groups is 3. The van der Waals surface area contributed by atoms with Gasteiger partial charge in [-0.2, -0.15) is 0 Å². The van der Waals surface area contributed by atoms with Crippen molar-refractivity contribution in [1.29, 1.82) is 0 Å². The lowest BCUT2D eigenvalue weighted by Gasteiger charge is -2.14. The van der Waals surface area contributed by atoms with E-state index >= 15 is 0 Å². The van der Waals surface area contributed by atoms with E-state index in [4.69, 9.17) is 9.84 Å². The fraction of sp³-hybridized carbons (Fsp3) is 0.694. The number of amides is 1. The van der Waals surface area contributed by atoms with Crippen LogP contribution in [-0.2, 0) is 19.1 Å². The van der Waals surface area contributed by atoms with Crippen LogP contribution in [0.4, 0.5) is 0 Å². The normalized spacial score (nSPS) is 12.6. The summed E-state index contributed by atoms with van der Waals surface area (Å²) < 4.78 is 5.81. The maximum absolute atomic E-state index is 12.5. The van der Waals surface area contributed by atoms with Gasteiger partial charge in [0.2, 0.25) is 5.91 Å². The molecule has 0 saturated heterocycles. The van der Waals surface area contributed by atoms with Crippen LogP contribution in [0.3, 0.4) is 0 Å². The zero-order valence-corrected chi connectivity index (χ0v) is 26.8. The number of carbonyl (C=O) groups excluding carboxylic acids is 2. The van der Waals surface area contributed by atoms with Crippen molar-refractivity contribution in [3.8, 4) is 0 Å². The van der Waals surface area contributed by atoms with Gasteiger partial charge in [0.25, 0.3) is 0 Å². The number of carboxylic acid groups (broad SMARTS) is 1. The zero-order valence-electron chi connectivity index (χ0n) is 26.8. The highest BCUT2D eigenvalue weighted by Crippen LogP contribution is 2.15. The second-order valence-electron chi connectivity index (χ2n) is 11.0. The molecule has 240 valence electrons. The van der Waals surface area contributed by atoms with Gasteiger partial charge in [-0.05, 0) is 57.4 Å². The van der Waals surface area contributed by atoms with Crippen molar-refractivity contribution in [2.75, 3.05) is 6.54 Å². The summed E-state index contributed by atoms with van der Waals surface area (Å²) in [6.45, 7) is 4.04. The fourth-order valence-corrected chi connectivity index (χ4v) is 4.54. The maximum Gasteiger partial charge on any atom is 0.322 e.